The summed E-state index contributed by atoms with van der Waals surface area (Å²) in [5.41, 5.74) is 3.98. The van der Waals surface area contributed by atoms with Crippen molar-refractivity contribution in [3.05, 3.63) is 59.7 Å². The zero-order valence-electron chi connectivity index (χ0n) is 18.1. The number of carbonyl (C=O) groups excluding carboxylic acids is 2. The van der Waals surface area contributed by atoms with Gasteiger partial charge in [-0.15, -0.1) is 0 Å². The molecule has 7 heteroatoms. The van der Waals surface area contributed by atoms with Crippen LogP contribution in [0.15, 0.2) is 48.5 Å². The highest BCUT2D eigenvalue weighted by atomic mass is 16.5. The molecule has 1 aliphatic carbocycles. The number of aliphatic carboxylic acids is 1. The third-order valence-corrected chi connectivity index (χ3v) is 5.22. The van der Waals surface area contributed by atoms with Gasteiger partial charge >= 0.3 is 12.1 Å². The van der Waals surface area contributed by atoms with Crippen LogP contribution in [0.5, 0.6) is 0 Å². The molecular formula is C25H26N2O5. The summed E-state index contributed by atoms with van der Waals surface area (Å²) in [5, 5.41) is 14.0. The van der Waals surface area contributed by atoms with E-state index in [1.807, 2.05) is 36.4 Å². The molecule has 0 saturated carbocycles. The number of rotatable bonds is 7. The maximum absolute atomic E-state index is 12.1. The Morgan fingerprint density at radius 3 is 2.19 bits per heavy atom. The van der Waals surface area contributed by atoms with E-state index in [1.165, 1.54) is 0 Å². The zero-order chi connectivity index (χ0) is 23.1. The fraction of sp³-hybridized carbons (Fsp3) is 0.320. The number of ether oxygens (including phenoxy) is 1. The van der Waals surface area contributed by atoms with E-state index in [9.17, 15) is 14.4 Å². The molecule has 0 aliphatic heterocycles. The number of nitrogens with one attached hydrogen (secondary N) is 2. The number of carbonyl (C=O) groups is 3. The maximum atomic E-state index is 12.1. The van der Waals surface area contributed by atoms with Crippen LogP contribution < -0.4 is 10.6 Å². The van der Waals surface area contributed by atoms with E-state index in [-0.39, 0.29) is 32.0 Å². The summed E-state index contributed by atoms with van der Waals surface area (Å²) < 4.78 is 5.40. The predicted octanol–water partition coefficient (Wildman–Crippen LogP) is 3.15. The van der Waals surface area contributed by atoms with Crippen molar-refractivity contribution in [3.8, 4) is 23.0 Å². The van der Waals surface area contributed by atoms with Crippen LogP contribution >= 0.6 is 0 Å². The molecule has 0 fully saturated rings. The van der Waals surface area contributed by atoms with Crippen LogP contribution in [-0.2, 0) is 14.3 Å². The van der Waals surface area contributed by atoms with Gasteiger partial charge in [0.15, 0.2) is 0 Å². The Morgan fingerprint density at radius 2 is 1.59 bits per heavy atom. The first kappa shape index (κ1) is 22.9. The zero-order valence-corrected chi connectivity index (χ0v) is 18.1. The molecule has 0 aromatic heterocycles. The summed E-state index contributed by atoms with van der Waals surface area (Å²) in [4.78, 5) is 34.6. The molecule has 166 valence electrons. The molecule has 0 radical (unpaired) electrons. The van der Waals surface area contributed by atoms with Crippen molar-refractivity contribution in [1.29, 1.82) is 0 Å². The molecule has 2 aromatic rings. The molecule has 0 bridgehead atoms. The molecule has 3 rings (SSSR count). The molecule has 3 N–H and O–H groups in total. The first-order valence-electron chi connectivity index (χ1n) is 10.3. The molecule has 1 aliphatic rings. The number of carboxylic acids is 1. The number of alkyl carbamates (subject to hydrolysis) is 1. The highest BCUT2D eigenvalue weighted by molar-refractivity contribution is 5.93. The van der Waals surface area contributed by atoms with Gasteiger partial charge in [0, 0.05) is 12.5 Å². The molecule has 0 unspecified atom stereocenters. The van der Waals surface area contributed by atoms with E-state index < -0.39 is 23.4 Å². The number of amides is 2. The molecule has 2 amide bonds. The van der Waals surface area contributed by atoms with Crippen molar-refractivity contribution in [3.63, 3.8) is 0 Å². The number of hydrogen-bond donors (Lipinski definition) is 3. The third kappa shape index (κ3) is 5.88. The third-order valence-electron chi connectivity index (χ3n) is 5.22. The van der Waals surface area contributed by atoms with E-state index >= 15 is 0 Å². The van der Waals surface area contributed by atoms with E-state index in [0.29, 0.717) is 0 Å². The van der Waals surface area contributed by atoms with Gasteiger partial charge in [-0.05, 0) is 33.6 Å². The maximum Gasteiger partial charge on any atom is 0.407 e. The van der Waals surface area contributed by atoms with E-state index in [1.54, 1.807) is 13.8 Å². The lowest BCUT2D eigenvalue weighted by atomic mass is 9.89. The summed E-state index contributed by atoms with van der Waals surface area (Å²) in [6.07, 6.45) is -0.673. The van der Waals surface area contributed by atoms with Crippen LogP contribution in [0, 0.1) is 17.3 Å². The molecule has 0 saturated heterocycles. The lowest BCUT2D eigenvalue weighted by Crippen LogP contribution is -2.34. The van der Waals surface area contributed by atoms with Crippen LogP contribution in [0.1, 0.15) is 37.3 Å². The second-order valence-corrected chi connectivity index (χ2v) is 8.40. The Balaban J connectivity index is 1.45. The molecule has 2 aromatic carbocycles. The molecule has 0 atom stereocenters. The highest BCUT2D eigenvalue weighted by Gasteiger charge is 2.29. The van der Waals surface area contributed by atoms with Crippen molar-refractivity contribution < 1.29 is 24.2 Å². The van der Waals surface area contributed by atoms with Crippen molar-refractivity contribution in [2.45, 2.75) is 26.2 Å². The van der Waals surface area contributed by atoms with E-state index in [0.717, 1.165) is 22.3 Å². The van der Waals surface area contributed by atoms with Gasteiger partial charge in [-0.3, -0.25) is 9.59 Å². The SMILES string of the molecule is CC(C)(CNC(=O)C#CCNC(=O)OCC1c2ccccc2-c2ccccc21)CC(=O)O. The molecule has 7 nitrogen and oxygen atoms in total. The number of benzene rings is 2. The first-order valence-corrected chi connectivity index (χ1v) is 10.3. The average molecular weight is 434 g/mol. The van der Waals surface area contributed by atoms with Gasteiger partial charge in [0.1, 0.15) is 6.61 Å². The smallest absolute Gasteiger partial charge is 0.407 e. The standard InChI is InChI=1S/C25H26N2O5/c1-25(2,14-23(29)30)16-27-22(28)12-7-13-26-24(31)32-15-21-19-10-5-3-8-17(19)18-9-4-6-11-20(18)21/h3-6,8-11,21H,13-16H2,1-2H3,(H,26,31)(H,27,28)(H,29,30). The average Bonchev–Trinajstić information content (AvgIpc) is 3.07. The van der Waals surface area contributed by atoms with Crippen molar-refractivity contribution in [2.75, 3.05) is 19.7 Å². The van der Waals surface area contributed by atoms with E-state index in [2.05, 4.69) is 34.6 Å². The van der Waals surface area contributed by atoms with Gasteiger partial charge in [0.05, 0.1) is 13.0 Å². The van der Waals surface area contributed by atoms with Crippen molar-refractivity contribution in [2.24, 2.45) is 5.41 Å². The fourth-order valence-electron chi connectivity index (χ4n) is 3.73. The van der Waals surface area contributed by atoms with Gasteiger partial charge in [-0.1, -0.05) is 68.3 Å². The molecule has 32 heavy (non-hydrogen) atoms. The van der Waals surface area contributed by atoms with Gasteiger partial charge < -0.3 is 20.5 Å². The Hall–Kier alpha value is -3.79. The van der Waals surface area contributed by atoms with Gasteiger partial charge in [-0.2, -0.15) is 0 Å². The summed E-state index contributed by atoms with van der Waals surface area (Å²) in [7, 11) is 0. The fourth-order valence-corrected chi connectivity index (χ4v) is 3.73. The minimum absolute atomic E-state index is 0.0285. The molecular weight excluding hydrogens is 408 g/mol. The normalized spacial score (nSPS) is 12.1. The Labute approximate surface area is 187 Å². The Morgan fingerprint density at radius 1 is 1.00 bits per heavy atom. The van der Waals surface area contributed by atoms with Crippen LogP contribution in [0.25, 0.3) is 11.1 Å². The minimum Gasteiger partial charge on any atom is -0.481 e. The second-order valence-electron chi connectivity index (χ2n) is 8.40. The minimum atomic E-state index is -0.928. The summed E-state index contributed by atoms with van der Waals surface area (Å²) in [6.45, 7) is 3.84. The van der Waals surface area contributed by atoms with Crippen LogP contribution in [0.3, 0.4) is 0 Å². The number of fused-ring (bicyclic) bond motifs is 3. The number of carboxylic acid groups (broad SMARTS) is 1. The summed E-state index contributed by atoms with van der Waals surface area (Å²) >= 11 is 0. The quantitative estimate of drug-likeness (QED) is 0.581. The van der Waals surface area contributed by atoms with Crippen molar-refractivity contribution in [1.82, 2.24) is 10.6 Å². The summed E-state index contributed by atoms with van der Waals surface area (Å²) in [5.74, 6) is 3.44. The highest BCUT2D eigenvalue weighted by Crippen LogP contribution is 2.44. The Bertz CT molecular complexity index is 1040. The lowest BCUT2D eigenvalue weighted by molar-refractivity contribution is -0.139. The van der Waals surface area contributed by atoms with Gasteiger partial charge in [-0.25, -0.2) is 4.79 Å². The largest absolute Gasteiger partial charge is 0.481 e. The number of hydrogen-bond acceptors (Lipinski definition) is 4. The van der Waals surface area contributed by atoms with Crippen LogP contribution in [0.4, 0.5) is 4.79 Å². The monoisotopic (exact) mass is 434 g/mol. The summed E-state index contributed by atoms with van der Waals surface area (Å²) in [6, 6.07) is 16.2. The van der Waals surface area contributed by atoms with Crippen LogP contribution in [-0.4, -0.2) is 42.8 Å². The van der Waals surface area contributed by atoms with Gasteiger partial charge in [0.25, 0.3) is 5.91 Å². The van der Waals surface area contributed by atoms with E-state index in [4.69, 9.17) is 9.84 Å². The Kier molecular flexibility index (Phi) is 7.16. The van der Waals surface area contributed by atoms with Crippen LogP contribution in [0.2, 0.25) is 0 Å². The second kappa shape index (κ2) is 10.0. The first-order chi connectivity index (χ1) is 15.3. The topological polar surface area (TPSA) is 105 Å². The van der Waals surface area contributed by atoms with Gasteiger partial charge in [0.2, 0.25) is 0 Å². The molecule has 0 heterocycles. The molecule has 0 spiro atoms. The predicted molar refractivity (Wildman–Crippen MR) is 120 cm³/mol. The lowest BCUT2D eigenvalue weighted by Gasteiger charge is -2.21. The van der Waals surface area contributed by atoms with Crippen molar-refractivity contribution >= 4 is 18.0 Å².